The fourth-order valence-electron chi connectivity index (χ4n) is 3.11. The van der Waals surface area contributed by atoms with Gasteiger partial charge in [0.05, 0.1) is 36.6 Å². The van der Waals surface area contributed by atoms with Crippen LogP contribution in [-0.2, 0) is 29.2 Å². The summed E-state index contributed by atoms with van der Waals surface area (Å²) >= 11 is 0. The molecule has 0 spiro atoms. The number of nitrogens with zero attached hydrogens (tertiary/aromatic N) is 2. The molecule has 1 atom stereocenters. The number of nitrogens with two attached hydrogens (primary N) is 2. The molecule has 2 aromatic carbocycles. The number of amides is 1. The third kappa shape index (κ3) is 10.9. The Morgan fingerprint density at radius 3 is 2.13 bits per heavy atom. The van der Waals surface area contributed by atoms with Gasteiger partial charge in [0.1, 0.15) is 5.75 Å². The molecule has 1 fully saturated rings. The van der Waals surface area contributed by atoms with Crippen molar-refractivity contribution >= 4 is 39.6 Å². The van der Waals surface area contributed by atoms with Gasteiger partial charge in [-0.1, -0.05) is 12.1 Å². The van der Waals surface area contributed by atoms with Gasteiger partial charge in [0.25, 0.3) is 16.0 Å². The second-order valence-corrected chi connectivity index (χ2v) is 9.56. The lowest BCUT2D eigenvalue weighted by Crippen LogP contribution is -2.42. The predicted molar refractivity (Wildman–Crippen MR) is 138 cm³/mol. The molecule has 1 aliphatic rings. The number of ether oxygens (including phenoxy) is 3. The van der Waals surface area contributed by atoms with Gasteiger partial charge in [0.2, 0.25) is 0 Å². The average Bonchev–Trinajstić information content (AvgIpc) is 2.86. The summed E-state index contributed by atoms with van der Waals surface area (Å²) in [7, 11) is -3.67. The van der Waals surface area contributed by atoms with Crippen molar-refractivity contribution in [3.05, 3.63) is 59.7 Å². The molecule has 1 amide bonds. The quantitative estimate of drug-likeness (QED) is 0.145. The highest BCUT2D eigenvalue weighted by molar-refractivity contribution is 7.85. The van der Waals surface area contributed by atoms with Crippen LogP contribution in [0.5, 0.6) is 5.75 Å². The third-order valence-corrected chi connectivity index (χ3v) is 5.01. The molecule has 0 aliphatic carbocycles. The Bertz CT molecular complexity index is 1230. The molecule has 1 heterocycles. The Labute approximate surface area is 220 Å². The summed E-state index contributed by atoms with van der Waals surface area (Å²) in [5.74, 6) is -1.65. The molecule has 3 rings (SSSR count). The van der Waals surface area contributed by atoms with Crippen molar-refractivity contribution in [2.75, 3.05) is 39.2 Å². The van der Waals surface area contributed by atoms with Crippen LogP contribution >= 0.6 is 0 Å². The van der Waals surface area contributed by atoms with Crippen LogP contribution in [0.3, 0.4) is 0 Å². The average molecular weight is 551 g/mol. The SMILES string of the molecule is CC(C(=O)OCC(=O)N1CCOCC1)c1ccc(OC(=O)c2ccc(N=C(N)N)cc2)cc1.CS(=O)(=O)O. The minimum absolute atomic E-state index is 0.0766. The van der Waals surface area contributed by atoms with Crippen molar-refractivity contribution in [2.45, 2.75) is 12.8 Å². The summed E-state index contributed by atoms with van der Waals surface area (Å²) in [6, 6.07) is 12.8. The first kappa shape index (κ1) is 30.2. The van der Waals surface area contributed by atoms with Crippen LogP contribution in [0.1, 0.15) is 28.8 Å². The number of carbonyl (C=O) groups excluding carboxylic acids is 3. The summed E-state index contributed by atoms with van der Waals surface area (Å²) in [5.41, 5.74) is 12.2. The van der Waals surface area contributed by atoms with Crippen molar-refractivity contribution in [3.8, 4) is 5.75 Å². The second-order valence-electron chi connectivity index (χ2n) is 8.10. The van der Waals surface area contributed by atoms with E-state index in [0.717, 1.165) is 0 Å². The van der Waals surface area contributed by atoms with Crippen LogP contribution in [0.2, 0.25) is 0 Å². The minimum atomic E-state index is -3.67. The van der Waals surface area contributed by atoms with E-state index in [1.165, 1.54) is 0 Å². The molecule has 5 N–H and O–H groups in total. The monoisotopic (exact) mass is 550 g/mol. The molecule has 206 valence electrons. The highest BCUT2D eigenvalue weighted by Crippen LogP contribution is 2.22. The summed E-state index contributed by atoms with van der Waals surface area (Å²) in [5, 5.41) is 0. The summed E-state index contributed by atoms with van der Waals surface area (Å²) in [6.45, 7) is 3.33. The van der Waals surface area contributed by atoms with Crippen molar-refractivity contribution in [2.24, 2.45) is 16.5 Å². The maximum atomic E-state index is 12.3. The zero-order valence-electron chi connectivity index (χ0n) is 20.9. The highest BCUT2D eigenvalue weighted by atomic mass is 32.2. The Balaban J connectivity index is 0.000000926. The second kappa shape index (κ2) is 14.1. The fourth-order valence-corrected chi connectivity index (χ4v) is 3.11. The Hall–Kier alpha value is -4.01. The molecule has 38 heavy (non-hydrogen) atoms. The van der Waals surface area contributed by atoms with Crippen LogP contribution in [-0.4, -0.2) is 80.8 Å². The lowest BCUT2D eigenvalue weighted by Gasteiger charge is -2.26. The van der Waals surface area contributed by atoms with Crippen LogP contribution in [0.25, 0.3) is 0 Å². The first-order chi connectivity index (χ1) is 17.8. The van der Waals surface area contributed by atoms with Crippen molar-refractivity contribution < 1.29 is 41.6 Å². The maximum absolute atomic E-state index is 12.3. The van der Waals surface area contributed by atoms with E-state index in [9.17, 15) is 22.8 Å². The predicted octanol–water partition coefficient (Wildman–Crippen LogP) is 0.820. The van der Waals surface area contributed by atoms with E-state index in [1.54, 1.807) is 60.4 Å². The maximum Gasteiger partial charge on any atom is 0.343 e. The number of hydrogen-bond donors (Lipinski definition) is 3. The largest absolute Gasteiger partial charge is 0.455 e. The fraction of sp³-hybridized carbons (Fsp3) is 0.333. The summed E-state index contributed by atoms with van der Waals surface area (Å²) < 4.78 is 41.6. The number of hydrogen-bond acceptors (Lipinski definition) is 9. The lowest BCUT2D eigenvalue weighted by molar-refractivity contribution is -0.154. The molecule has 0 saturated carbocycles. The zero-order chi connectivity index (χ0) is 28.3. The molecule has 0 bridgehead atoms. The number of carbonyl (C=O) groups is 3. The van der Waals surface area contributed by atoms with E-state index in [0.29, 0.717) is 55.1 Å². The molecule has 14 heteroatoms. The molecule has 0 aromatic heterocycles. The van der Waals surface area contributed by atoms with Gasteiger partial charge in [0, 0.05) is 13.1 Å². The molecule has 0 radical (unpaired) electrons. The lowest BCUT2D eigenvalue weighted by atomic mass is 10.0. The minimum Gasteiger partial charge on any atom is -0.455 e. The Morgan fingerprint density at radius 1 is 1.05 bits per heavy atom. The van der Waals surface area contributed by atoms with Gasteiger partial charge in [-0.25, -0.2) is 9.79 Å². The first-order valence-electron chi connectivity index (χ1n) is 11.3. The van der Waals surface area contributed by atoms with Gasteiger partial charge < -0.3 is 30.6 Å². The number of rotatable bonds is 7. The first-order valence-corrected chi connectivity index (χ1v) is 13.1. The van der Waals surface area contributed by atoms with Gasteiger partial charge in [-0.2, -0.15) is 8.42 Å². The standard InChI is InChI=1S/C23H26N4O6.CH4O3S/c1-15(21(29)32-14-20(28)27-10-12-31-13-11-27)16-4-8-19(9-5-16)33-22(30)17-2-6-18(7-3-17)26-23(24)25;1-5(2,3)4/h2-9,15H,10-14H2,1H3,(H4,24,25,26);1H3,(H,2,3,4). The van der Waals surface area contributed by atoms with E-state index in [4.69, 9.17) is 30.2 Å². The molecule has 13 nitrogen and oxygen atoms in total. The number of esters is 2. The van der Waals surface area contributed by atoms with Gasteiger partial charge in [-0.05, 0) is 48.9 Å². The Morgan fingerprint density at radius 2 is 1.61 bits per heavy atom. The molecule has 2 aromatic rings. The van der Waals surface area contributed by atoms with Crippen LogP contribution in [0, 0.1) is 0 Å². The summed E-state index contributed by atoms with van der Waals surface area (Å²) in [6.07, 6.45) is 0.715. The number of morpholine rings is 1. The normalized spacial score (nSPS) is 13.8. The topological polar surface area (TPSA) is 201 Å². The van der Waals surface area contributed by atoms with Crippen LogP contribution < -0.4 is 16.2 Å². The van der Waals surface area contributed by atoms with Gasteiger partial charge in [-0.3, -0.25) is 14.1 Å². The van der Waals surface area contributed by atoms with E-state index in [2.05, 4.69) is 4.99 Å². The smallest absolute Gasteiger partial charge is 0.343 e. The van der Waals surface area contributed by atoms with Crippen LogP contribution in [0.15, 0.2) is 53.5 Å². The highest BCUT2D eigenvalue weighted by Gasteiger charge is 2.22. The number of aliphatic imine (C=N–C) groups is 1. The van der Waals surface area contributed by atoms with Gasteiger partial charge in [0.15, 0.2) is 12.6 Å². The van der Waals surface area contributed by atoms with E-state index < -0.39 is 28.0 Å². The zero-order valence-corrected chi connectivity index (χ0v) is 21.7. The van der Waals surface area contributed by atoms with Crippen molar-refractivity contribution in [1.29, 1.82) is 0 Å². The molecule has 1 saturated heterocycles. The van der Waals surface area contributed by atoms with Gasteiger partial charge in [-0.15, -0.1) is 0 Å². The molecule has 1 unspecified atom stereocenters. The van der Waals surface area contributed by atoms with E-state index in [1.807, 2.05) is 0 Å². The van der Waals surface area contributed by atoms with Gasteiger partial charge >= 0.3 is 11.9 Å². The Kier molecular flexibility index (Phi) is 11.2. The van der Waals surface area contributed by atoms with Crippen molar-refractivity contribution in [3.63, 3.8) is 0 Å². The number of benzene rings is 2. The van der Waals surface area contributed by atoms with Crippen LogP contribution in [0.4, 0.5) is 5.69 Å². The summed E-state index contributed by atoms with van der Waals surface area (Å²) in [4.78, 5) is 42.3. The van der Waals surface area contributed by atoms with Crippen molar-refractivity contribution in [1.82, 2.24) is 4.90 Å². The van der Waals surface area contributed by atoms with E-state index in [-0.39, 0.29) is 18.5 Å². The molecular weight excluding hydrogens is 520 g/mol. The van der Waals surface area contributed by atoms with E-state index >= 15 is 0 Å². The number of guanidine groups is 1. The third-order valence-electron chi connectivity index (χ3n) is 5.01. The molecular formula is C24H30N4O9S. The molecule has 1 aliphatic heterocycles.